The third-order valence-corrected chi connectivity index (χ3v) is 4.44. The number of hydrogen-bond donors (Lipinski definition) is 0. The zero-order valence-electron chi connectivity index (χ0n) is 10.7. The lowest BCUT2D eigenvalue weighted by atomic mass is 10.1. The molecule has 0 aliphatic rings. The van der Waals surface area contributed by atoms with E-state index in [-0.39, 0.29) is 24.6 Å². The third-order valence-electron chi connectivity index (χ3n) is 2.56. The average Bonchev–Trinajstić information content (AvgIpc) is 2.39. The molecule has 3 nitrogen and oxygen atoms in total. The summed E-state index contributed by atoms with van der Waals surface area (Å²) in [7, 11) is 0. The summed E-state index contributed by atoms with van der Waals surface area (Å²) in [5.74, 6) is -0.362. The molecule has 0 N–H and O–H groups in total. The molecule has 19 heavy (non-hydrogen) atoms. The molecule has 0 amide bonds. The van der Waals surface area contributed by atoms with Gasteiger partial charge in [-0.15, -0.1) is 0 Å². The van der Waals surface area contributed by atoms with Gasteiger partial charge in [0.1, 0.15) is 0 Å². The van der Waals surface area contributed by atoms with E-state index >= 15 is 0 Å². The number of Topliss-reactive ketones (excluding diaryl/α,β-unsaturated/α-hetero) is 1. The van der Waals surface area contributed by atoms with Gasteiger partial charge in [0.05, 0.1) is 13.0 Å². The molecule has 1 aromatic carbocycles. The molecule has 5 heteroatoms. The fourth-order valence-corrected chi connectivity index (χ4v) is 2.06. The summed E-state index contributed by atoms with van der Waals surface area (Å²) in [4.78, 5) is 23.3. The maximum Gasteiger partial charge on any atom is 0.306 e. The van der Waals surface area contributed by atoms with E-state index < -0.39 is 0 Å². The van der Waals surface area contributed by atoms with Crippen LogP contribution in [0.4, 0.5) is 0 Å². The van der Waals surface area contributed by atoms with Crippen LogP contribution in [-0.2, 0) is 9.53 Å². The molecule has 0 aromatic heterocycles. The Kier molecular flexibility index (Phi) is 7.31. The summed E-state index contributed by atoms with van der Waals surface area (Å²) in [6.45, 7) is 2.47. The molecule has 104 valence electrons. The van der Waals surface area contributed by atoms with Gasteiger partial charge in [0, 0.05) is 20.9 Å². The van der Waals surface area contributed by atoms with E-state index in [2.05, 4.69) is 31.9 Å². The summed E-state index contributed by atoms with van der Waals surface area (Å²) in [6.07, 6.45) is 2.16. The highest BCUT2D eigenvalue weighted by Gasteiger charge is 2.11. The zero-order chi connectivity index (χ0) is 14.3. The molecule has 0 saturated heterocycles. The number of unbranched alkanes of at least 4 members (excludes halogenated alkanes) is 1. The zero-order valence-corrected chi connectivity index (χ0v) is 13.9. The van der Waals surface area contributed by atoms with E-state index in [1.165, 1.54) is 0 Å². The van der Waals surface area contributed by atoms with Crippen molar-refractivity contribution in [2.24, 2.45) is 0 Å². The molecule has 0 bridgehead atoms. The molecular weight excluding hydrogens is 376 g/mol. The van der Waals surface area contributed by atoms with Crippen LogP contribution in [0.5, 0.6) is 0 Å². The Labute approximate surface area is 130 Å². The van der Waals surface area contributed by atoms with Crippen LogP contribution >= 0.6 is 31.9 Å². The molecule has 0 aliphatic heterocycles. The van der Waals surface area contributed by atoms with Crippen molar-refractivity contribution in [2.45, 2.75) is 32.6 Å². The summed E-state index contributed by atoms with van der Waals surface area (Å²) in [6, 6.07) is 5.28. The third kappa shape index (κ3) is 5.87. The van der Waals surface area contributed by atoms with Crippen LogP contribution in [0, 0.1) is 0 Å². The van der Waals surface area contributed by atoms with Gasteiger partial charge in [-0.25, -0.2) is 0 Å². The minimum atomic E-state index is -0.307. The SMILES string of the molecule is CCCCOC(=O)CCC(=O)c1ccc(Br)c(Br)c1. The number of halogens is 2. The van der Waals surface area contributed by atoms with E-state index in [1.807, 2.05) is 6.92 Å². The first-order valence-corrected chi connectivity index (χ1v) is 7.77. The van der Waals surface area contributed by atoms with Gasteiger partial charge in [0.15, 0.2) is 5.78 Å². The Morgan fingerprint density at radius 1 is 1.16 bits per heavy atom. The van der Waals surface area contributed by atoms with E-state index in [4.69, 9.17) is 4.74 Å². The van der Waals surface area contributed by atoms with E-state index in [1.54, 1.807) is 18.2 Å². The van der Waals surface area contributed by atoms with E-state index in [0.717, 1.165) is 21.8 Å². The largest absolute Gasteiger partial charge is 0.466 e. The molecular formula is C14H16Br2O3. The van der Waals surface area contributed by atoms with Crippen molar-refractivity contribution in [1.29, 1.82) is 0 Å². The molecule has 0 radical (unpaired) electrons. The normalized spacial score (nSPS) is 10.3. The highest BCUT2D eigenvalue weighted by atomic mass is 79.9. The molecule has 0 spiro atoms. The van der Waals surface area contributed by atoms with Crippen LogP contribution in [0.15, 0.2) is 27.1 Å². The van der Waals surface area contributed by atoms with Crippen molar-refractivity contribution >= 4 is 43.6 Å². The molecule has 0 atom stereocenters. The fourth-order valence-electron chi connectivity index (χ4n) is 1.43. The van der Waals surface area contributed by atoms with Gasteiger partial charge in [-0.2, -0.15) is 0 Å². The Hall–Kier alpha value is -0.680. The minimum absolute atomic E-state index is 0.0550. The molecule has 1 aromatic rings. The number of carbonyl (C=O) groups excluding carboxylic acids is 2. The standard InChI is InChI=1S/C14H16Br2O3/c1-2-3-8-19-14(18)7-6-13(17)10-4-5-11(15)12(16)9-10/h4-5,9H,2-3,6-8H2,1H3. The molecule has 0 unspecified atom stereocenters. The van der Waals surface area contributed by atoms with Crippen LogP contribution in [0.2, 0.25) is 0 Å². The van der Waals surface area contributed by atoms with E-state index in [9.17, 15) is 9.59 Å². The maximum absolute atomic E-state index is 11.9. The van der Waals surface area contributed by atoms with Crippen LogP contribution in [0.3, 0.4) is 0 Å². The van der Waals surface area contributed by atoms with Crippen LogP contribution in [0.1, 0.15) is 43.0 Å². The van der Waals surface area contributed by atoms with Crippen molar-refractivity contribution in [3.63, 3.8) is 0 Å². The maximum atomic E-state index is 11.9. The number of ether oxygens (including phenoxy) is 1. The van der Waals surface area contributed by atoms with Crippen LogP contribution < -0.4 is 0 Å². The first-order valence-electron chi connectivity index (χ1n) is 6.18. The van der Waals surface area contributed by atoms with Gasteiger partial charge < -0.3 is 4.74 Å². The second-order valence-corrected chi connectivity index (χ2v) is 5.83. The number of hydrogen-bond acceptors (Lipinski definition) is 3. The first kappa shape index (κ1) is 16.4. The monoisotopic (exact) mass is 390 g/mol. The lowest BCUT2D eigenvalue weighted by Crippen LogP contribution is -2.09. The molecule has 0 heterocycles. The lowest BCUT2D eigenvalue weighted by Gasteiger charge is -2.04. The minimum Gasteiger partial charge on any atom is -0.466 e. The van der Waals surface area contributed by atoms with Crippen molar-refractivity contribution < 1.29 is 14.3 Å². The van der Waals surface area contributed by atoms with E-state index in [0.29, 0.717) is 12.2 Å². The summed E-state index contributed by atoms with van der Waals surface area (Å²) in [5.41, 5.74) is 0.594. The average molecular weight is 392 g/mol. The number of esters is 1. The van der Waals surface area contributed by atoms with Crippen molar-refractivity contribution in [3.8, 4) is 0 Å². The highest BCUT2D eigenvalue weighted by molar-refractivity contribution is 9.13. The fraction of sp³-hybridized carbons (Fsp3) is 0.429. The van der Waals surface area contributed by atoms with Crippen LogP contribution in [-0.4, -0.2) is 18.4 Å². The quantitative estimate of drug-likeness (QED) is 0.390. The van der Waals surface area contributed by atoms with Gasteiger partial charge in [-0.1, -0.05) is 19.4 Å². The second kappa shape index (κ2) is 8.48. The topological polar surface area (TPSA) is 43.4 Å². The molecule has 0 aliphatic carbocycles. The molecule has 0 fully saturated rings. The van der Waals surface area contributed by atoms with Crippen molar-refractivity contribution in [1.82, 2.24) is 0 Å². The van der Waals surface area contributed by atoms with Gasteiger partial charge in [0.2, 0.25) is 0 Å². The van der Waals surface area contributed by atoms with Gasteiger partial charge in [-0.3, -0.25) is 9.59 Å². The number of rotatable bonds is 7. The number of carbonyl (C=O) groups is 2. The summed E-state index contributed by atoms with van der Waals surface area (Å²) >= 11 is 6.69. The summed E-state index contributed by atoms with van der Waals surface area (Å²) < 4.78 is 6.72. The first-order chi connectivity index (χ1) is 9.04. The highest BCUT2D eigenvalue weighted by Crippen LogP contribution is 2.24. The van der Waals surface area contributed by atoms with Crippen LogP contribution in [0.25, 0.3) is 0 Å². The molecule has 0 saturated carbocycles. The number of ketones is 1. The smallest absolute Gasteiger partial charge is 0.306 e. The van der Waals surface area contributed by atoms with Gasteiger partial charge in [0.25, 0.3) is 0 Å². The van der Waals surface area contributed by atoms with Gasteiger partial charge >= 0.3 is 5.97 Å². The number of benzene rings is 1. The Balaban J connectivity index is 2.42. The lowest BCUT2D eigenvalue weighted by molar-refractivity contribution is -0.143. The Morgan fingerprint density at radius 3 is 2.53 bits per heavy atom. The Bertz CT molecular complexity index is 458. The molecule has 1 rings (SSSR count). The van der Waals surface area contributed by atoms with Gasteiger partial charge in [-0.05, 0) is 50.4 Å². The van der Waals surface area contributed by atoms with Crippen molar-refractivity contribution in [3.05, 3.63) is 32.7 Å². The predicted octanol–water partition coefficient (Wildman–Crippen LogP) is 4.52. The Morgan fingerprint density at radius 2 is 1.89 bits per heavy atom. The summed E-state index contributed by atoms with van der Waals surface area (Å²) in [5, 5.41) is 0. The second-order valence-electron chi connectivity index (χ2n) is 4.13. The van der Waals surface area contributed by atoms with Crippen molar-refractivity contribution in [2.75, 3.05) is 6.61 Å². The predicted molar refractivity (Wildman–Crippen MR) is 81.3 cm³/mol.